The number of carboxylic acids is 1. The molecule has 0 heterocycles. The molecule has 3 aromatic rings. The molecule has 3 aromatic carbocycles. The second kappa shape index (κ2) is 26.8. The van der Waals surface area contributed by atoms with E-state index in [1.807, 2.05) is 19.9 Å². The third-order valence-corrected chi connectivity index (χ3v) is 9.43. The van der Waals surface area contributed by atoms with Crippen LogP contribution in [0, 0.1) is 5.92 Å². The van der Waals surface area contributed by atoms with Crippen LogP contribution in [0.3, 0.4) is 0 Å². The highest BCUT2D eigenvalue weighted by molar-refractivity contribution is 5.93. The van der Waals surface area contributed by atoms with Gasteiger partial charge >= 0.3 is 24.3 Å². The topological polar surface area (TPSA) is 266 Å². The normalized spacial score (nSPS) is 13.0. The van der Waals surface area contributed by atoms with Crippen LogP contribution in [0.4, 0.5) is 14.4 Å². The van der Waals surface area contributed by atoms with Crippen molar-refractivity contribution in [1.29, 1.82) is 0 Å². The van der Waals surface area contributed by atoms with Crippen molar-refractivity contribution in [3.8, 4) is 5.75 Å². The Balaban J connectivity index is 1.78. The van der Waals surface area contributed by atoms with Crippen molar-refractivity contribution in [2.45, 2.75) is 129 Å². The first kappa shape index (κ1) is 55.1. The highest BCUT2D eigenvalue weighted by atomic mass is 16.7. The van der Waals surface area contributed by atoms with E-state index in [1.165, 1.54) is 12.1 Å². The van der Waals surface area contributed by atoms with Gasteiger partial charge in [-0.1, -0.05) is 86.6 Å². The molecule has 68 heavy (non-hydrogen) atoms. The molecular weight excluding hydrogens is 881 g/mol. The Bertz CT molecular complexity index is 2140. The van der Waals surface area contributed by atoms with Crippen LogP contribution in [-0.2, 0) is 57.6 Å². The molecule has 0 saturated heterocycles. The third-order valence-electron chi connectivity index (χ3n) is 9.43. The Kier molecular flexibility index (Phi) is 21.8. The molecule has 19 nitrogen and oxygen atoms in total. The van der Waals surface area contributed by atoms with Crippen LogP contribution in [0.15, 0.2) is 84.9 Å². The first-order chi connectivity index (χ1) is 32.0. The number of hydrogen-bond donors (Lipinski definition) is 7. The SMILES string of the molecule is CC(C)C[C@H](NC(=O)OCc1ccccc1)C(=O)NCCC[C@@H](NC(=O)[C@H](Cc1ccc(OC(=O)OC(C)(C)C)cc1)NC(=O)OC(C)(C)C)C(=O)NCC(=O)N[C@@H](Cc1ccccc1)C(=O)O. The minimum Gasteiger partial charge on any atom is -0.480 e. The quantitative estimate of drug-likeness (QED) is 0.0283. The molecule has 0 aliphatic heterocycles. The predicted octanol–water partition coefficient (Wildman–Crippen LogP) is 5.09. The second-order valence-electron chi connectivity index (χ2n) is 18.4. The van der Waals surface area contributed by atoms with E-state index < -0.39 is 89.9 Å². The first-order valence-electron chi connectivity index (χ1n) is 22.3. The summed E-state index contributed by atoms with van der Waals surface area (Å²) in [5, 5.41) is 25.2. The molecule has 370 valence electrons. The Morgan fingerprint density at radius 3 is 1.69 bits per heavy atom. The molecular formula is C49H66N6O13. The Hall–Kier alpha value is -7.18. The van der Waals surface area contributed by atoms with Gasteiger partial charge < -0.3 is 56.0 Å². The number of alkyl carbamates (subject to hydrolysis) is 2. The Labute approximate surface area is 397 Å². The summed E-state index contributed by atoms with van der Waals surface area (Å²) < 4.78 is 21.2. The molecule has 0 radical (unpaired) electrons. The minimum atomic E-state index is -1.35. The van der Waals surface area contributed by atoms with Crippen molar-refractivity contribution in [3.05, 3.63) is 102 Å². The Morgan fingerprint density at radius 2 is 1.12 bits per heavy atom. The zero-order chi connectivity index (χ0) is 50.4. The highest BCUT2D eigenvalue weighted by Crippen LogP contribution is 2.17. The third kappa shape index (κ3) is 22.3. The number of amides is 6. The number of carboxylic acid groups (broad SMARTS) is 1. The number of aliphatic carboxylic acids is 1. The molecule has 0 unspecified atom stereocenters. The lowest BCUT2D eigenvalue weighted by atomic mass is 10.0. The maximum Gasteiger partial charge on any atom is 0.514 e. The highest BCUT2D eigenvalue weighted by Gasteiger charge is 2.30. The largest absolute Gasteiger partial charge is 0.514 e. The summed E-state index contributed by atoms with van der Waals surface area (Å²) in [6, 6.07) is 18.8. The average Bonchev–Trinajstić information content (AvgIpc) is 3.24. The van der Waals surface area contributed by atoms with Gasteiger partial charge in [0.15, 0.2) is 0 Å². The molecule has 6 amide bonds. The van der Waals surface area contributed by atoms with E-state index in [1.54, 1.807) is 108 Å². The lowest BCUT2D eigenvalue weighted by molar-refractivity contribution is -0.141. The molecule has 0 fully saturated rings. The van der Waals surface area contributed by atoms with Crippen LogP contribution >= 0.6 is 0 Å². The summed E-state index contributed by atoms with van der Waals surface area (Å²) in [6.45, 7) is 13.1. The molecule has 4 atom stereocenters. The smallest absolute Gasteiger partial charge is 0.480 e. The van der Waals surface area contributed by atoms with Gasteiger partial charge in [-0.3, -0.25) is 19.2 Å². The predicted molar refractivity (Wildman–Crippen MR) is 250 cm³/mol. The molecule has 0 saturated carbocycles. The fourth-order valence-corrected chi connectivity index (χ4v) is 6.33. The van der Waals surface area contributed by atoms with Gasteiger partial charge in [0.05, 0.1) is 6.54 Å². The van der Waals surface area contributed by atoms with Crippen LogP contribution in [-0.4, -0.2) is 102 Å². The summed E-state index contributed by atoms with van der Waals surface area (Å²) >= 11 is 0. The van der Waals surface area contributed by atoms with Gasteiger partial charge in [-0.15, -0.1) is 0 Å². The van der Waals surface area contributed by atoms with Crippen LogP contribution in [0.5, 0.6) is 5.75 Å². The lowest BCUT2D eigenvalue weighted by Gasteiger charge is -2.25. The molecule has 7 N–H and O–H groups in total. The molecule has 19 heteroatoms. The number of benzene rings is 3. The molecule has 0 aromatic heterocycles. The lowest BCUT2D eigenvalue weighted by Crippen LogP contribution is -2.56. The Morgan fingerprint density at radius 1 is 0.574 bits per heavy atom. The van der Waals surface area contributed by atoms with E-state index in [4.69, 9.17) is 18.9 Å². The standard InChI is InChI=1S/C49H66N6O13/c1-31(2)26-37(54-45(62)65-30-34-18-13-10-14-19-34)42(58)50-25-15-20-36(41(57)51-29-40(56)52-39(44(60)61)28-32-16-11-9-12-17-32)53-43(59)38(55-46(63)67-48(3,4)5)27-33-21-23-35(24-22-33)66-47(64)68-49(6,7)8/h9-14,16-19,21-24,31,36-39H,15,20,25-30H2,1-8H3,(H,50,58)(H,51,57)(H,52,56)(H,53,59)(H,54,62)(H,55,63)(H,60,61)/t36-,37+,38+,39+/m1/s1. The molecule has 0 spiro atoms. The maximum atomic E-state index is 14.1. The van der Waals surface area contributed by atoms with Crippen LogP contribution in [0.2, 0.25) is 0 Å². The summed E-state index contributed by atoms with van der Waals surface area (Å²) in [4.78, 5) is 104. The van der Waals surface area contributed by atoms with Crippen molar-refractivity contribution in [1.82, 2.24) is 31.9 Å². The molecule has 0 aliphatic carbocycles. The minimum absolute atomic E-state index is 0.00140. The van der Waals surface area contributed by atoms with Crippen LogP contribution < -0.4 is 36.6 Å². The number of ether oxygens (including phenoxy) is 4. The maximum absolute atomic E-state index is 14.1. The fraction of sp³-hybridized carbons (Fsp3) is 0.469. The van der Waals surface area contributed by atoms with Gasteiger partial charge in [-0.2, -0.15) is 0 Å². The van der Waals surface area contributed by atoms with Crippen molar-refractivity contribution < 1.29 is 62.4 Å². The molecule has 0 aliphatic rings. The number of carbonyl (C=O) groups excluding carboxylic acids is 7. The van der Waals surface area contributed by atoms with Gasteiger partial charge in [-0.05, 0) is 95.5 Å². The summed E-state index contributed by atoms with van der Waals surface area (Å²) in [5.74, 6) is -4.09. The van der Waals surface area contributed by atoms with E-state index in [0.29, 0.717) is 11.1 Å². The average molecular weight is 947 g/mol. The van der Waals surface area contributed by atoms with E-state index >= 15 is 0 Å². The van der Waals surface area contributed by atoms with Crippen molar-refractivity contribution in [3.63, 3.8) is 0 Å². The van der Waals surface area contributed by atoms with Gasteiger partial charge in [0, 0.05) is 19.4 Å². The van der Waals surface area contributed by atoms with Crippen molar-refractivity contribution in [2.75, 3.05) is 13.1 Å². The summed E-state index contributed by atoms with van der Waals surface area (Å²) in [7, 11) is 0. The van der Waals surface area contributed by atoms with Crippen molar-refractivity contribution in [2.24, 2.45) is 5.92 Å². The zero-order valence-electron chi connectivity index (χ0n) is 40.0. The summed E-state index contributed by atoms with van der Waals surface area (Å²) in [6.07, 6.45) is -2.49. The van der Waals surface area contributed by atoms with Crippen LogP contribution in [0.25, 0.3) is 0 Å². The van der Waals surface area contributed by atoms with Gasteiger partial charge in [0.1, 0.15) is 47.7 Å². The van der Waals surface area contributed by atoms with Crippen molar-refractivity contribution >= 4 is 47.9 Å². The molecule has 3 rings (SSSR count). The summed E-state index contributed by atoms with van der Waals surface area (Å²) in [5.41, 5.74) is 0.203. The van der Waals surface area contributed by atoms with Gasteiger partial charge in [-0.25, -0.2) is 19.2 Å². The van der Waals surface area contributed by atoms with Gasteiger partial charge in [0.2, 0.25) is 23.6 Å². The number of rotatable bonds is 23. The van der Waals surface area contributed by atoms with Gasteiger partial charge in [0.25, 0.3) is 0 Å². The van der Waals surface area contributed by atoms with E-state index in [-0.39, 0.29) is 56.9 Å². The zero-order valence-corrected chi connectivity index (χ0v) is 40.0. The van der Waals surface area contributed by atoms with Crippen LogP contribution in [0.1, 0.15) is 91.3 Å². The molecule has 0 bridgehead atoms. The van der Waals surface area contributed by atoms with E-state index in [2.05, 4.69) is 31.9 Å². The van der Waals surface area contributed by atoms with E-state index in [0.717, 1.165) is 5.56 Å². The number of nitrogens with one attached hydrogen (secondary N) is 6. The second-order valence-corrected chi connectivity index (χ2v) is 18.4. The monoisotopic (exact) mass is 946 g/mol. The fourth-order valence-electron chi connectivity index (χ4n) is 6.33. The number of carbonyl (C=O) groups is 8. The first-order valence-corrected chi connectivity index (χ1v) is 22.3. The number of hydrogen-bond acceptors (Lipinski definition) is 12. The van der Waals surface area contributed by atoms with E-state index in [9.17, 15) is 43.5 Å².